The number of nitrogens with one attached hydrogen (secondary N) is 1. The average molecular weight is 217 g/mol. The molecule has 0 unspecified atom stereocenters. The maximum absolute atomic E-state index is 3.49. The maximum atomic E-state index is 3.49. The molecule has 0 aromatic heterocycles. The molecule has 0 amide bonds. The van der Waals surface area contributed by atoms with E-state index in [1.807, 2.05) is 0 Å². The lowest BCUT2D eigenvalue weighted by atomic mass is 9.93. The molecule has 1 aliphatic rings. The minimum absolute atomic E-state index is 0.464. The summed E-state index contributed by atoms with van der Waals surface area (Å²) in [5.74, 6) is 0.637. The summed E-state index contributed by atoms with van der Waals surface area (Å²) >= 11 is 0. The predicted octanol–water partition coefficient (Wildman–Crippen LogP) is 3.45. The van der Waals surface area contributed by atoms with Crippen LogP contribution in [0.2, 0.25) is 0 Å². The van der Waals surface area contributed by atoms with E-state index in [0.29, 0.717) is 11.3 Å². The Kier molecular flexibility index (Phi) is 3.34. The van der Waals surface area contributed by atoms with Gasteiger partial charge in [-0.1, -0.05) is 45.0 Å². The van der Waals surface area contributed by atoms with Crippen molar-refractivity contribution in [3.05, 3.63) is 35.4 Å². The number of rotatable bonds is 5. The van der Waals surface area contributed by atoms with Crippen molar-refractivity contribution in [2.75, 3.05) is 13.1 Å². The second kappa shape index (κ2) is 4.58. The van der Waals surface area contributed by atoms with Gasteiger partial charge in [-0.2, -0.15) is 0 Å². The SMILES string of the molecule is CCNCC1(c2ccc(C(C)C)cc2)CC1. The predicted molar refractivity (Wildman–Crippen MR) is 70.0 cm³/mol. The second-order valence-electron chi connectivity index (χ2n) is 5.34. The van der Waals surface area contributed by atoms with Gasteiger partial charge in [-0.05, 0) is 36.4 Å². The number of hydrogen-bond acceptors (Lipinski definition) is 1. The Morgan fingerprint density at radius 3 is 2.25 bits per heavy atom. The van der Waals surface area contributed by atoms with Gasteiger partial charge in [0.15, 0.2) is 0 Å². The Balaban J connectivity index is 2.09. The topological polar surface area (TPSA) is 12.0 Å². The van der Waals surface area contributed by atoms with Gasteiger partial charge < -0.3 is 5.32 Å². The third kappa shape index (κ3) is 2.30. The molecular formula is C15H23N. The minimum Gasteiger partial charge on any atom is -0.316 e. The van der Waals surface area contributed by atoms with Crippen molar-refractivity contribution in [3.8, 4) is 0 Å². The van der Waals surface area contributed by atoms with Crippen molar-refractivity contribution in [2.45, 2.75) is 44.9 Å². The summed E-state index contributed by atoms with van der Waals surface area (Å²) in [6, 6.07) is 9.26. The van der Waals surface area contributed by atoms with E-state index in [4.69, 9.17) is 0 Å². The van der Waals surface area contributed by atoms with Crippen LogP contribution in [0.3, 0.4) is 0 Å². The van der Waals surface area contributed by atoms with Crippen molar-refractivity contribution in [3.63, 3.8) is 0 Å². The standard InChI is InChI=1S/C15H23N/c1-4-16-11-15(9-10-15)14-7-5-13(6-8-14)12(2)3/h5-8,12,16H,4,9-11H2,1-3H3. The molecule has 0 heterocycles. The van der Waals surface area contributed by atoms with E-state index in [2.05, 4.69) is 50.4 Å². The van der Waals surface area contributed by atoms with E-state index in [1.165, 1.54) is 24.0 Å². The summed E-state index contributed by atoms with van der Waals surface area (Å²) in [5.41, 5.74) is 3.44. The molecular weight excluding hydrogens is 194 g/mol. The molecule has 0 aliphatic heterocycles. The quantitative estimate of drug-likeness (QED) is 0.796. The van der Waals surface area contributed by atoms with Crippen LogP contribution >= 0.6 is 0 Å². The second-order valence-corrected chi connectivity index (χ2v) is 5.34. The normalized spacial score (nSPS) is 17.8. The largest absolute Gasteiger partial charge is 0.316 e. The summed E-state index contributed by atoms with van der Waals surface area (Å²) in [5, 5.41) is 3.49. The maximum Gasteiger partial charge on any atom is 0.00784 e. The van der Waals surface area contributed by atoms with Crippen LogP contribution in [0, 0.1) is 0 Å². The van der Waals surface area contributed by atoms with E-state index in [1.54, 1.807) is 0 Å². The lowest BCUT2D eigenvalue weighted by Gasteiger charge is -2.17. The van der Waals surface area contributed by atoms with Gasteiger partial charge in [-0.3, -0.25) is 0 Å². The van der Waals surface area contributed by atoms with Crippen LogP contribution in [0.5, 0.6) is 0 Å². The highest BCUT2D eigenvalue weighted by atomic mass is 14.9. The first-order valence-corrected chi connectivity index (χ1v) is 6.49. The fourth-order valence-electron chi connectivity index (χ4n) is 2.30. The van der Waals surface area contributed by atoms with Crippen molar-refractivity contribution in [1.29, 1.82) is 0 Å². The molecule has 0 bridgehead atoms. The molecule has 0 radical (unpaired) electrons. The van der Waals surface area contributed by atoms with Gasteiger partial charge in [-0.25, -0.2) is 0 Å². The van der Waals surface area contributed by atoms with Crippen LogP contribution in [0.1, 0.15) is 50.7 Å². The molecule has 1 heteroatoms. The molecule has 1 aromatic rings. The molecule has 1 aliphatic carbocycles. The Morgan fingerprint density at radius 1 is 1.19 bits per heavy atom. The molecule has 0 spiro atoms. The monoisotopic (exact) mass is 217 g/mol. The van der Waals surface area contributed by atoms with E-state index < -0.39 is 0 Å². The summed E-state index contributed by atoms with van der Waals surface area (Å²) in [7, 11) is 0. The van der Waals surface area contributed by atoms with Gasteiger partial charge in [-0.15, -0.1) is 0 Å². The van der Waals surface area contributed by atoms with Gasteiger partial charge in [0, 0.05) is 12.0 Å². The molecule has 2 rings (SSSR count). The van der Waals surface area contributed by atoms with Crippen LogP contribution in [0.25, 0.3) is 0 Å². The first kappa shape index (κ1) is 11.7. The zero-order valence-electron chi connectivity index (χ0n) is 10.7. The molecule has 1 nitrogen and oxygen atoms in total. The van der Waals surface area contributed by atoms with Gasteiger partial charge in [0.2, 0.25) is 0 Å². The minimum atomic E-state index is 0.464. The van der Waals surface area contributed by atoms with Crippen molar-refractivity contribution >= 4 is 0 Å². The van der Waals surface area contributed by atoms with Crippen LogP contribution < -0.4 is 5.32 Å². The highest BCUT2D eigenvalue weighted by molar-refractivity contribution is 5.35. The van der Waals surface area contributed by atoms with Crippen LogP contribution in [0.4, 0.5) is 0 Å². The third-order valence-corrected chi connectivity index (χ3v) is 3.76. The molecule has 1 N–H and O–H groups in total. The first-order valence-electron chi connectivity index (χ1n) is 6.49. The molecule has 0 atom stereocenters. The van der Waals surface area contributed by atoms with Crippen LogP contribution in [-0.2, 0) is 5.41 Å². The lowest BCUT2D eigenvalue weighted by molar-refractivity contribution is 0.590. The molecule has 1 fully saturated rings. The Hall–Kier alpha value is -0.820. The lowest BCUT2D eigenvalue weighted by Crippen LogP contribution is -2.26. The summed E-state index contributed by atoms with van der Waals surface area (Å²) in [6.07, 6.45) is 2.70. The van der Waals surface area contributed by atoms with Crippen molar-refractivity contribution in [1.82, 2.24) is 5.32 Å². The van der Waals surface area contributed by atoms with Crippen molar-refractivity contribution in [2.24, 2.45) is 0 Å². The van der Waals surface area contributed by atoms with Gasteiger partial charge in [0.05, 0.1) is 0 Å². The van der Waals surface area contributed by atoms with E-state index in [9.17, 15) is 0 Å². The zero-order chi connectivity index (χ0) is 11.6. The summed E-state index contributed by atoms with van der Waals surface area (Å²) < 4.78 is 0. The number of likely N-dealkylation sites (N-methyl/N-ethyl adjacent to an activating group) is 1. The highest BCUT2D eigenvalue weighted by Gasteiger charge is 2.43. The van der Waals surface area contributed by atoms with Crippen LogP contribution in [0.15, 0.2) is 24.3 Å². The molecule has 0 saturated heterocycles. The highest BCUT2D eigenvalue weighted by Crippen LogP contribution is 2.47. The third-order valence-electron chi connectivity index (χ3n) is 3.76. The molecule has 1 saturated carbocycles. The van der Waals surface area contributed by atoms with Crippen LogP contribution in [-0.4, -0.2) is 13.1 Å². The molecule has 1 aromatic carbocycles. The summed E-state index contributed by atoms with van der Waals surface area (Å²) in [4.78, 5) is 0. The molecule has 16 heavy (non-hydrogen) atoms. The van der Waals surface area contributed by atoms with E-state index >= 15 is 0 Å². The number of benzene rings is 1. The van der Waals surface area contributed by atoms with E-state index in [-0.39, 0.29) is 0 Å². The Labute approximate surface area is 99.3 Å². The number of hydrogen-bond donors (Lipinski definition) is 1. The Morgan fingerprint density at radius 2 is 1.81 bits per heavy atom. The summed E-state index contributed by atoms with van der Waals surface area (Å²) in [6.45, 7) is 8.90. The Bertz CT molecular complexity index is 333. The zero-order valence-corrected chi connectivity index (χ0v) is 10.7. The first-order chi connectivity index (χ1) is 7.68. The van der Waals surface area contributed by atoms with E-state index in [0.717, 1.165) is 13.1 Å². The van der Waals surface area contributed by atoms with Gasteiger partial charge >= 0.3 is 0 Å². The van der Waals surface area contributed by atoms with Gasteiger partial charge in [0.1, 0.15) is 0 Å². The smallest absolute Gasteiger partial charge is 0.00784 e. The van der Waals surface area contributed by atoms with Gasteiger partial charge in [0.25, 0.3) is 0 Å². The molecule has 88 valence electrons. The fraction of sp³-hybridized carbons (Fsp3) is 0.600. The average Bonchev–Trinajstić information content (AvgIpc) is 3.08. The van der Waals surface area contributed by atoms with Crippen molar-refractivity contribution < 1.29 is 0 Å². The fourth-order valence-corrected chi connectivity index (χ4v) is 2.30.